The van der Waals surface area contributed by atoms with Gasteiger partial charge in [-0.1, -0.05) is 17.8 Å². The molecule has 1 atom stereocenters. The monoisotopic (exact) mass is 407 g/mol. The SMILES string of the molecule is C=CCn1c(SCC(=O)N[C@@]2(C)CCS(=O)(=O)C2)nnc1-c1ccncc1. The fraction of sp³-hybridized carbons (Fsp3) is 0.412. The predicted molar refractivity (Wildman–Crippen MR) is 104 cm³/mol. The molecule has 1 aliphatic rings. The number of hydrogen-bond donors (Lipinski definition) is 1. The number of thioether (sulfide) groups is 1. The molecule has 0 saturated carbocycles. The lowest BCUT2D eigenvalue weighted by atomic mass is 10.0. The van der Waals surface area contributed by atoms with Crippen molar-refractivity contribution in [1.29, 1.82) is 0 Å². The highest BCUT2D eigenvalue weighted by Gasteiger charge is 2.39. The summed E-state index contributed by atoms with van der Waals surface area (Å²) in [6.45, 7) is 6.03. The van der Waals surface area contributed by atoms with Crippen LogP contribution in [0.1, 0.15) is 13.3 Å². The van der Waals surface area contributed by atoms with Gasteiger partial charge in [-0.3, -0.25) is 14.3 Å². The summed E-state index contributed by atoms with van der Waals surface area (Å²) in [5, 5.41) is 11.9. The second-order valence-corrected chi connectivity index (χ2v) is 9.81. The smallest absolute Gasteiger partial charge is 0.230 e. The van der Waals surface area contributed by atoms with E-state index in [1.807, 2.05) is 16.7 Å². The van der Waals surface area contributed by atoms with Gasteiger partial charge in [0.25, 0.3) is 0 Å². The van der Waals surface area contributed by atoms with Crippen LogP contribution in [0.4, 0.5) is 0 Å². The van der Waals surface area contributed by atoms with E-state index in [1.54, 1.807) is 25.4 Å². The van der Waals surface area contributed by atoms with E-state index in [9.17, 15) is 13.2 Å². The van der Waals surface area contributed by atoms with Crippen molar-refractivity contribution in [3.63, 3.8) is 0 Å². The molecule has 1 amide bonds. The third-order valence-corrected chi connectivity index (χ3v) is 7.11. The first-order chi connectivity index (χ1) is 12.8. The van der Waals surface area contributed by atoms with Crippen LogP contribution in [0.15, 0.2) is 42.3 Å². The summed E-state index contributed by atoms with van der Waals surface area (Å²) in [5.74, 6) is 0.670. The van der Waals surface area contributed by atoms with Crippen LogP contribution in [0.5, 0.6) is 0 Å². The van der Waals surface area contributed by atoms with Crippen molar-refractivity contribution < 1.29 is 13.2 Å². The Bertz CT molecular complexity index is 943. The van der Waals surface area contributed by atoms with E-state index in [0.717, 1.165) is 5.56 Å². The molecule has 0 aliphatic carbocycles. The number of amides is 1. The van der Waals surface area contributed by atoms with Crippen molar-refractivity contribution in [3.05, 3.63) is 37.2 Å². The molecule has 3 heterocycles. The van der Waals surface area contributed by atoms with Gasteiger partial charge in [0.2, 0.25) is 5.91 Å². The number of rotatable bonds is 7. The molecular weight excluding hydrogens is 386 g/mol. The summed E-state index contributed by atoms with van der Waals surface area (Å²) in [6, 6.07) is 3.68. The third-order valence-electron chi connectivity index (χ3n) is 4.24. The summed E-state index contributed by atoms with van der Waals surface area (Å²) < 4.78 is 25.2. The van der Waals surface area contributed by atoms with Gasteiger partial charge < -0.3 is 5.32 Å². The highest BCUT2D eigenvalue weighted by Crippen LogP contribution is 2.25. The normalized spacial score (nSPS) is 21.1. The standard InChI is InChI=1S/C17H21N5O3S2/c1-3-9-22-15(13-4-7-18-8-5-13)20-21-16(22)26-11-14(23)19-17(2)6-10-27(24,25)12-17/h3-5,7-8H,1,6,9-12H2,2H3,(H,19,23)/t17-/m0/s1. The molecule has 1 aliphatic heterocycles. The van der Waals surface area contributed by atoms with Crippen LogP contribution in [-0.4, -0.2) is 56.9 Å². The van der Waals surface area contributed by atoms with Crippen molar-refractivity contribution in [2.75, 3.05) is 17.3 Å². The Morgan fingerprint density at radius 2 is 2.15 bits per heavy atom. The average Bonchev–Trinajstić information content (AvgIpc) is 3.14. The summed E-state index contributed by atoms with van der Waals surface area (Å²) in [6.07, 6.45) is 5.53. The van der Waals surface area contributed by atoms with Gasteiger partial charge >= 0.3 is 0 Å². The minimum absolute atomic E-state index is 0.0186. The van der Waals surface area contributed by atoms with E-state index in [1.165, 1.54) is 11.8 Å². The van der Waals surface area contributed by atoms with E-state index < -0.39 is 15.4 Å². The highest BCUT2D eigenvalue weighted by atomic mass is 32.2. The minimum Gasteiger partial charge on any atom is -0.349 e. The largest absolute Gasteiger partial charge is 0.349 e. The first kappa shape index (κ1) is 19.6. The number of hydrogen-bond acceptors (Lipinski definition) is 7. The van der Waals surface area contributed by atoms with Gasteiger partial charge in [-0.05, 0) is 25.5 Å². The second kappa shape index (κ2) is 7.81. The van der Waals surface area contributed by atoms with Gasteiger partial charge in [0.15, 0.2) is 20.8 Å². The average molecular weight is 408 g/mol. The number of allylic oxidation sites excluding steroid dienone is 1. The molecule has 0 spiro atoms. The van der Waals surface area contributed by atoms with Crippen LogP contribution in [0.3, 0.4) is 0 Å². The second-order valence-electron chi connectivity index (χ2n) is 6.68. The van der Waals surface area contributed by atoms with Gasteiger partial charge in [-0.15, -0.1) is 16.8 Å². The molecular formula is C17H21N5O3S2. The van der Waals surface area contributed by atoms with Gasteiger partial charge in [-0.2, -0.15) is 0 Å². The van der Waals surface area contributed by atoms with Gasteiger partial charge in [0.05, 0.1) is 22.8 Å². The summed E-state index contributed by atoms with van der Waals surface area (Å²) in [7, 11) is -3.07. The molecule has 0 bridgehead atoms. The van der Waals surface area contributed by atoms with E-state index >= 15 is 0 Å². The van der Waals surface area contributed by atoms with E-state index in [0.29, 0.717) is 23.9 Å². The maximum atomic E-state index is 12.3. The summed E-state index contributed by atoms with van der Waals surface area (Å²) in [4.78, 5) is 16.3. The molecule has 0 radical (unpaired) electrons. The number of pyridine rings is 1. The van der Waals surface area contributed by atoms with Crippen molar-refractivity contribution >= 4 is 27.5 Å². The van der Waals surface area contributed by atoms with Crippen molar-refractivity contribution in [2.24, 2.45) is 0 Å². The molecule has 2 aromatic heterocycles. The topological polar surface area (TPSA) is 107 Å². The fourth-order valence-corrected chi connectivity index (χ4v) is 5.86. The molecule has 0 unspecified atom stereocenters. The Labute approximate surface area is 162 Å². The molecule has 27 heavy (non-hydrogen) atoms. The number of aromatic nitrogens is 4. The maximum Gasteiger partial charge on any atom is 0.230 e. The van der Waals surface area contributed by atoms with Crippen LogP contribution < -0.4 is 5.32 Å². The van der Waals surface area contributed by atoms with Crippen LogP contribution in [0.25, 0.3) is 11.4 Å². The third kappa shape index (κ3) is 4.75. The zero-order valence-electron chi connectivity index (χ0n) is 15.0. The van der Waals surface area contributed by atoms with Crippen molar-refractivity contribution in [3.8, 4) is 11.4 Å². The molecule has 144 valence electrons. The predicted octanol–water partition coefficient (Wildman–Crippen LogP) is 1.31. The summed E-state index contributed by atoms with van der Waals surface area (Å²) >= 11 is 1.26. The number of carbonyl (C=O) groups is 1. The molecule has 3 rings (SSSR count). The highest BCUT2D eigenvalue weighted by molar-refractivity contribution is 7.99. The van der Waals surface area contributed by atoms with Gasteiger partial charge in [0, 0.05) is 24.5 Å². The first-order valence-corrected chi connectivity index (χ1v) is 11.2. The molecule has 1 fully saturated rings. The Hall–Kier alpha value is -2.20. The molecule has 0 aromatic carbocycles. The Morgan fingerprint density at radius 3 is 2.78 bits per heavy atom. The lowest BCUT2D eigenvalue weighted by molar-refractivity contribution is -0.120. The minimum atomic E-state index is -3.07. The molecule has 10 heteroatoms. The zero-order chi connectivity index (χ0) is 19.5. The van der Waals surface area contributed by atoms with Crippen LogP contribution >= 0.6 is 11.8 Å². The molecule has 1 N–H and O–H groups in total. The summed E-state index contributed by atoms with van der Waals surface area (Å²) in [5.41, 5.74) is 0.173. The quantitative estimate of drug-likeness (QED) is 0.545. The van der Waals surface area contributed by atoms with Gasteiger partial charge in [-0.25, -0.2) is 8.42 Å². The number of nitrogens with zero attached hydrogens (tertiary/aromatic N) is 4. The Morgan fingerprint density at radius 1 is 1.41 bits per heavy atom. The van der Waals surface area contributed by atoms with Crippen LogP contribution in [0, 0.1) is 0 Å². The van der Waals surface area contributed by atoms with Crippen LogP contribution in [0.2, 0.25) is 0 Å². The molecule has 1 saturated heterocycles. The number of sulfone groups is 1. The maximum absolute atomic E-state index is 12.3. The Balaban J connectivity index is 1.68. The number of nitrogens with one attached hydrogen (secondary N) is 1. The Kier molecular flexibility index (Phi) is 5.66. The lowest BCUT2D eigenvalue weighted by Gasteiger charge is -2.23. The first-order valence-electron chi connectivity index (χ1n) is 8.41. The van der Waals surface area contributed by atoms with Crippen molar-refractivity contribution in [2.45, 2.75) is 30.6 Å². The number of carbonyl (C=O) groups excluding carboxylic acids is 1. The van der Waals surface area contributed by atoms with E-state index in [4.69, 9.17) is 0 Å². The van der Waals surface area contributed by atoms with Gasteiger partial charge in [0.1, 0.15) is 0 Å². The molecule has 8 nitrogen and oxygen atoms in total. The fourth-order valence-electron chi connectivity index (χ4n) is 3.02. The zero-order valence-corrected chi connectivity index (χ0v) is 16.6. The lowest BCUT2D eigenvalue weighted by Crippen LogP contribution is -2.47. The van der Waals surface area contributed by atoms with E-state index in [2.05, 4.69) is 27.1 Å². The molecule has 2 aromatic rings. The van der Waals surface area contributed by atoms with Crippen LogP contribution in [-0.2, 0) is 21.2 Å². The van der Waals surface area contributed by atoms with E-state index in [-0.39, 0.29) is 23.2 Å². The van der Waals surface area contributed by atoms with Crippen molar-refractivity contribution in [1.82, 2.24) is 25.1 Å².